The Hall–Kier alpha value is -2.13. The van der Waals surface area contributed by atoms with Gasteiger partial charge in [0.05, 0.1) is 31.3 Å². The summed E-state index contributed by atoms with van der Waals surface area (Å²) in [5.74, 6) is 0. The van der Waals surface area contributed by atoms with E-state index in [1.807, 2.05) is 35.4 Å². The zero-order chi connectivity index (χ0) is 13.4. The van der Waals surface area contributed by atoms with Crippen molar-refractivity contribution < 1.29 is 0 Å². The molecule has 0 amide bonds. The van der Waals surface area contributed by atoms with E-state index in [1.54, 1.807) is 25.0 Å². The number of hydrogen-bond acceptors (Lipinski definition) is 4. The minimum Gasteiger partial charge on any atom is -0.334 e. The van der Waals surface area contributed by atoms with Crippen molar-refractivity contribution in [3.63, 3.8) is 0 Å². The van der Waals surface area contributed by atoms with Gasteiger partial charge in [-0.25, -0.2) is 9.97 Å². The van der Waals surface area contributed by atoms with Crippen molar-refractivity contribution >= 4 is 0 Å². The lowest BCUT2D eigenvalue weighted by molar-refractivity contribution is 0.559. The highest BCUT2D eigenvalue weighted by molar-refractivity contribution is 4.83. The van der Waals surface area contributed by atoms with Crippen LogP contribution in [0.25, 0.3) is 0 Å². The van der Waals surface area contributed by atoms with E-state index in [9.17, 15) is 0 Å². The number of imidazole rings is 2. The quantitative estimate of drug-likeness (QED) is 0.893. The second-order valence-corrected chi connectivity index (χ2v) is 3.97. The summed E-state index contributed by atoms with van der Waals surface area (Å²) in [6.07, 6.45) is 11.1. The second kappa shape index (κ2) is 7.25. The van der Waals surface area contributed by atoms with E-state index in [1.165, 1.54) is 0 Å². The number of nitrogens with two attached hydrogens (primary N) is 1. The highest BCUT2D eigenvalue weighted by Gasteiger charge is 2.00. The molecular formula is C12H18N6. The average molecular weight is 246 g/mol. The number of rotatable bonds is 3. The highest BCUT2D eigenvalue weighted by atomic mass is 15.1. The molecule has 0 aromatic carbocycles. The second-order valence-electron chi connectivity index (χ2n) is 3.97. The molecule has 0 aliphatic heterocycles. The molecule has 0 radical (unpaired) electrons. The molecule has 0 saturated carbocycles. The number of nitriles is 1. The fraction of sp³-hybridized carbons (Fsp3) is 0.417. The van der Waals surface area contributed by atoms with Gasteiger partial charge in [0, 0.05) is 30.8 Å². The Kier molecular flexibility index (Phi) is 5.61. The van der Waals surface area contributed by atoms with Crippen LogP contribution in [0.2, 0.25) is 0 Å². The van der Waals surface area contributed by atoms with Crippen molar-refractivity contribution in [1.82, 2.24) is 19.1 Å². The van der Waals surface area contributed by atoms with Gasteiger partial charge >= 0.3 is 0 Å². The van der Waals surface area contributed by atoms with E-state index in [0.29, 0.717) is 6.42 Å². The van der Waals surface area contributed by atoms with E-state index in [2.05, 4.69) is 16.0 Å². The Morgan fingerprint density at radius 1 is 1.17 bits per heavy atom. The van der Waals surface area contributed by atoms with Crippen molar-refractivity contribution in [3.05, 3.63) is 37.4 Å². The highest BCUT2D eigenvalue weighted by Crippen LogP contribution is 2.07. The molecule has 6 nitrogen and oxygen atoms in total. The molecule has 0 saturated heterocycles. The zero-order valence-corrected chi connectivity index (χ0v) is 10.6. The average Bonchev–Trinajstić information content (AvgIpc) is 3.04. The summed E-state index contributed by atoms with van der Waals surface area (Å²) in [4.78, 5) is 7.71. The first-order valence-corrected chi connectivity index (χ1v) is 5.72. The molecule has 18 heavy (non-hydrogen) atoms. The first-order valence-electron chi connectivity index (χ1n) is 5.72. The van der Waals surface area contributed by atoms with E-state index in [4.69, 9.17) is 11.0 Å². The van der Waals surface area contributed by atoms with Crippen LogP contribution in [-0.2, 0) is 0 Å². The SMILES string of the molecule is CC(CC#N)n1ccnc1.CC(N)n1ccnc1. The molecule has 6 heteroatoms. The molecule has 0 spiro atoms. The Bertz CT molecular complexity index is 451. The third kappa shape index (κ3) is 4.39. The van der Waals surface area contributed by atoms with Gasteiger partial charge in [-0.2, -0.15) is 5.26 Å². The van der Waals surface area contributed by atoms with Gasteiger partial charge in [0.1, 0.15) is 0 Å². The van der Waals surface area contributed by atoms with Gasteiger partial charge < -0.3 is 14.9 Å². The smallest absolute Gasteiger partial charge is 0.0958 e. The van der Waals surface area contributed by atoms with Gasteiger partial charge in [-0.3, -0.25) is 0 Å². The van der Waals surface area contributed by atoms with Gasteiger partial charge in [-0.05, 0) is 13.8 Å². The Balaban J connectivity index is 0.000000184. The van der Waals surface area contributed by atoms with Crippen LogP contribution in [0.5, 0.6) is 0 Å². The standard InChI is InChI=1S/C7H9N3.C5H9N3/c1-7(2-3-8)10-5-4-9-6-10;1-5(6)8-3-2-7-4-8/h4-7H,2H2,1H3;2-5H,6H2,1H3. The van der Waals surface area contributed by atoms with Gasteiger partial charge in [-0.15, -0.1) is 0 Å². The van der Waals surface area contributed by atoms with Crippen molar-refractivity contribution in [2.45, 2.75) is 32.5 Å². The van der Waals surface area contributed by atoms with Gasteiger partial charge in [0.25, 0.3) is 0 Å². The Morgan fingerprint density at radius 3 is 2.06 bits per heavy atom. The fourth-order valence-electron chi connectivity index (χ4n) is 1.28. The maximum absolute atomic E-state index is 8.35. The molecule has 2 atom stereocenters. The van der Waals surface area contributed by atoms with Crippen molar-refractivity contribution in [1.29, 1.82) is 5.26 Å². The van der Waals surface area contributed by atoms with E-state index in [-0.39, 0.29) is 12.2 Å². The minimum atomic E-state index is 0.0394. The van der Waals surface area contributed by atoms with E-state index in [0.717, 1.165) is 0 Å². The Morgan fingerprint density at radius 2 is 1.72 bits per heavy atom. The summed E-state index contributed by atoms with van der Waals surface area (Å²) in [5, 5.41) is 8.35. The summed E-state index contributed by atoms with van der Waals surface area (Å²) >= 11 is 0. The molecule has 0 bridgehead atoms. The Labute approximate surface area is 107 Å². The molecule has 0 aliphatic rings. The summed E-state index contributed by atoms with van der Waals surface area (Å²) < 4.78 is 3.75. The van der Waals surface area contributed by atoms with Crippen LogP contribution >= 0.6 is 0 Å². The molecule has 0 aliphatic carbocycles. The van der Waals surface area contributed by atoms with Crippen molar-refractivity contribution in [2.75, 3.05) is 0 Å². The molecule has 2 rings (SSSR count). The molecule has 2 N–H and O–H groups in total. The number of aromatic nitrogens is 4. The third-order valence-corrected chi connectivity index (χ3v) is 2.42. The molecular weight excluding hydrogens is 228 g/mol. The normalized spacial score (nSPS) is 13.0. The number of hydrogen-bond donors (Lipinski definition) is 1. The van der Waals surface area contributed by atoms with Gasteiger partial charge in [-0.1, -0.05) is 0 Å². The first-order chi connectivity index (χ1) is 8.65. The van der Waals surface area contributed by atoms with Crippen molar-refractivity contribution in [2.24, 2.45) is 5.73 Å². The molecule has 96 valence electrons. The summed E-state index contributed by atoms with van der Waals surface area (Å²) in [6.45, 7) is 3.90. The maximum Gasteiger partial charge on any atom is 0.0958 e. The molecule has 0 fully saturated rings. The maximum atomic E-state index is 8.35. The fourth-order valence-corrected chi connectivity index (χ4v) is 1.28. The first kappa shape index (κ1) is 13.9. The predicted molar refractivity (Wildman–Crippen MR) is 68.3 cm³/mol. The van der Waals surface area contributed by atoms with Crippen LogP contribution in [0.15, 0.2) is 37.4 Å². The summed E-state index contributed by atoms with van der Waals surface area (Å²) in [7, 11) is 0. The van der Waals surface area contributed by atoms with Crippen LogP contribution in [0.3, 0.4) is 0 Å². The van der Waals surface area contributed by atoms with Crippen LogP contribution in [-0.4, -0.2) is 19.1 Å². The van der Waals surface area contributed by atoms with Crippen molar-refractivity contribution in [3.8, 4) is 6.07 Å². The lowest BCUT2D eigenvalue weighted by atomic mass is 10.2. The van der Waals surface area contributed by atoms with Crippen LogP contribution in [0.4, 0.5) is 0 Å². The monoisotopic (exact) mass is 246 g/mol. The lowest BCUT2D eigenvalue weighted by Gasteiger charge is -2.06. The van der Waals surface area contributed by atoms with Crippen LogP contribution in [0, 0.1) is 11.3 Å². The van der Waals surface area contributed by atoms with Crippen LogP contribution in [0.1, 0.15) is 32.5 Å². The largest absolute Gasteiger partial charge is 0.334 e. The zero-order valence-electron chi connectivity index (χ0n) is 10.6. The topological polar surface area (TPSA) is 85.5 Å². The third-order valence-electron chi connectivity index (χ3n) is 2.42. The number of nitrogens with zero attached hydrogens (tertiary/aromatic N) is 5. The molecule has 2 aromatic rings. The summed E-state index contributed by atoms with van der Waals surface area (Å²) in [6, 6.07) is 2.35. The van der Waals surface area contributed by atoms with E-state index < -0.39 is 0 Å². The predicted octanol–water partition coefficient (Wildman–Crippen LogP) is 1.72. The van der Waals surface area contributed by atoms with Gasteiger partial charge in [0.2, 0.25) is 0 Å². The van der Waals surface area contributed by atoms with Crippen LogP contribution < -0.4 is 5.73 Å². The summed E-state index contributed by atoms with van der Waals surface area (Å²) in [5.41, 5.74) is 5.48. The molecule has 2 heterocycles. The lowest BCUT2D eigenvalue weighted by Crippen LogP contribution is -2.11. The molecule has 2 unspecified atom stereocenters. The minimum absolute atomic E-state index is 0.0394. The molecule has 2 aromatic heterocycles. The van der Waals surface area contributed by atoms with Gasteiger partial charge in [0.15, 0.2) is 0 Å². The van der Waals surface area contributed by atoms with E-state index >= 15 is 0 Å².